The first-order chi connectivity index (χ1) is 15.9. The number of halogens is 1. The van der Waals surface area contributed by atoms with Crippen LogP contribution in [-0.4, -0.2) is 34.4 Å². The van der Waals surface area contributed by atoms with Gasteiger partial charge in [-0.05, 0) is 68.3 Å². The molecule has 0 aliphatic carbocycles. The number of amides is 1. The summed E-state index contributed by atoms with van der Waals surface area (Å²) in [5, 5.41) is 5.29. The molecular weight excluding hydrogens is 460 g/mol. The second-order valence-corrected chi connectivity index (χ2v) is 8.45. The number of benzene rings is 2. The van der Waals surface area contributed by atoms with Gasteiger partial charge in [-0.3, -0.25) is 4.79 Å². The van der Waals surface area contributed by atoms with E-state index in [0.29, 0.717) is 34.9 Å². The Morgan fingerprint density at radius 3 is 2.48 bits per heavy atom. The van der Waals surface area contributed by atoms with Crippen LogP contribution in [0.15, 0.2) is 58.8 Å². The number of aryl methyl sites for hydroxylation is 2. The number of aromatic nitrogens is 2. The van der Waals surface area contributed by atoms with Crippen LogP contribution in [-0.2, 0) is 11.4 Å². The van der Waals surface area contributed by atoms with Gasteiger partial charge in [0.05, 0.1) is 18.6 Å². The molecule has 7 nitrogen and oxygen atoms in total. The summed E-state index contributed by atoms with van der Waals surface area (Å²) in [6.07, 6.45) is 1.56. The third-order valence-corrected chi connectivity index (χ3v) is 5.37. The van der Waals surface area contributed by atoms with E-state index in [0.717, 1.165) is 22.5 Å². The van der Waals surface area contributed by atoms with Gasteiger partial charge in [0.1, 0.15) is 6.61 Å². The predicted molar refractivity (Wildman–Crippen MR) is 131 cm³/mol. The van der Waals surface area contributed by atoms with E-state index >= 15 is 0 Å². The summed E-state index contributed by atoms with van der Waals surface area (Å²) >= 11 is 7.19. The fourth-order valence-electron chi connectivity index (χ4n) is 2.83. The fourth-order valence-corrected chi connectivity index (χ4v) is 3.70. The third-order valence-electron chi connectivity index (χ3n) is 4.27. The zero-order valence-electron chi connectivity index (χ0n) is 18.7. The normalized spacial score (nSPS) is 10.9. The zero-order chi connectivity index (χ0) is 23.6. The Labute approximate surface area is 202 Å². The van der Waals surface area contributed by atoms with Crippen LogP contribution in [0.4, 0.5) is 0 Å². The molecule has 1 heterocycles. The number of rotatable bonds is 10. The lowest BCUT2D eigenvalue weighted by molar-refractivity contribution is -0.118. The molecule has 3 rings (SSSR count). The highest BCUT2D eigenvalue weighted by molar-refractivity contribution is 7.99. The first kappa shape index (κ1) is 24.5. The Bertz CT molecular complexity index is 1100. The smallest absolute Gasteiger partial charge is 0.250 e. The van der Waals surface area contributed by atoms with Crippen LogP contribution in [0.3, 0.4) is 0 Å². The minimum Gasteiger partial charge on any atom is -0.490 e. The Morgan fingerprint density at radius 1 is 1.06 bits per heavy atom. The van der Waals surface area contributed by atoms with Gasteiger partial charge < -0.3 is 9.47 Å². The molecule has 33 heavy (non-hydrogen) atoms. The lowest BCUT2D eigenvalue weighted by Gasteiger charge is -2.12. The minimum absolute atomic E-state index is 0.169. The van der Waals surface area contributed by atoms with Gasteiger partial charge in [0, 0.05) is 16.4 Å². The molecule has 0 radical (unpaired) electrons. The van der Waals surface area contributed by atoms with Crippen LogP contribution in [0, 0.1) is 13.8 Å². The number of hydrazone groups is 1. The van der Waals surface area contributed by atoms with E-state index < -0.39 is 0 Å². The molecule has 0 atom stereocenters. The average molecular weight is 485 g/mol. The molecule has 3 aromatic rings. The van der Waals surface area contributed by atoms with Crippen LogP contribution in [0.5, 0.6) is 11.5 Å². The molecular formula is C24H25ClN4O3S. The fraction of sp³-hybridized carbons (Fsp3) is 0.250. The first-order valence-electron chi connectivity index (χ1n) is 10.3. The molecule has 1 N–H and O–H groups in total. The van der Waals surface area contributed by atoms with Crippen molar-refractivity contribution < 1.29 is 14.3 Å². The van der Waals surface area contributed by atoms with Crippen molar-refractivity contribution in [3.05, 3.63) is 76.1 Å². The number of nitrogens with zero attached hydrogens (tertiary/aromatic N) is 3. The van der Waals surface area contributed by atoms with Crippen molar-refractivity contribution >= 4 is 35.5 Å². The van der Waals surface area contributed by atoms with E-state index in [4.69, 9.17) is 21.1 Å². The molecule has 0 aliphatic heterocycles. The van der Waals surface area contributed by atoms with E-state index in [-0.39, 0.29) is 11.7 Å². The van der Waals surface area contributed by atoms with Gasteiger partial charge in [0.15, 0.2) is 16.7 Å². The predicted octanol–water partition coefficient (Wildman–Crippen LogP) is 4.97. The van der Waals surface area contributed by atoms with E-state index in [1.54, 1.807) is 6.21 Å². The summed E-state index contributed by atoms with van der Waals surface area (Å²) in [7, 11) is 0. The molecule has 0 bridgehead atoms. The van der Waals surface area contributed by atoms with Gasteiger partial charge in [0.25, 0.3) is 5.91 Å². The molecule has 0 saturated carbocycles. The Balaban J connectivity index is 1.55. The highest BCUT2D eigenvalue weighted by atomic mass is 35.5. The first-order valence-corrected chi connectivity index (χ1v) is 11.7. The summed E-state index contributed by atoms with van der Waals surface area (Å²) in [4.78, 5) is 20.7. The van der Waals surface area contributed by atoms with E-state index in [2.05, 4.69) is 20.5 Å². The van der Waals surface area contributed by atoms with Gasteiger partial charge >= 0.3 is 0 Å². The maximum absolute atomic E-state index is 12.1. The number of ether oxygens (including phenoxy) is 2. The van der Waals surface area contributed by atoms with Crippen molar-refractivity contribution in [2.24, 2.45) is 5.10 Å². The van der Waals surface area contributed by atoms with Gasteiger partial charge in [0.2, 0.25) is 0 Å². The summed E-state index contributed by atoms with van der Waals surface area (Å²) in [6.45, 7) is 6.58. The Hall–Kier alpha value is -3.10. The minimum atomic E-state index is -0.244. The highest BCUT2D eigenvalue weighted by Crippen LogP contribution is 2.29. The largest absolute Gasteiger partial charge is 0.490 e. The van der Waals surface area contributed by atoms with Gasteiger partial charge in [-0.1, -0.05) is 35.5 Å². The number of carbonyl (C=O) groups is 1. The molecule has 0 spiro atoms. The van der Waals surface area contributed by atoms with Crippen LogP contribution < -0.4 is 14.9 Å². The second kappa shape index (κ2) is 12.2. The van der Waals surface area contributed by atoms with Crippen molar-refractivity contribution in [2.45, 2.75) is 32.5 Å². The van der Waals surface area contributed by atoms with E-state index in [9.17, 15) is 4.79 Å². The Kier molecular flexibility index (Phi) is 9.09. The molecule has 0 unspecified atom stereocenters. The van der Waals surface area contributed by atoms with Crippen molar-refractivity contribution in [3.8, 4) is 11.5 Å². The van der Waals surface area contributed by atoms with Crippen molar-refractivity contribution in [3.63, 3.8) is 0 Å². The maximum Gasteiger partial charge on any atom is 0.250 e. The molecule has 1 aromatic heterocycles. The summed E-state index contributed by atoms with van der Waals surface area (Å²) in [5.41, 5.74) is 6.02. The standard InChI is InChI=1S/C24H25ClN4O3S/c1-4-31-22-12-19(7-10-21(22)32-14-18-5-8-20(25)9-6-18)13-26-29-23(30)15-33-24-27-16(2)11-17(3)28-24/h5-13H,4,14-15H2,1-3H3,(H,29,30)/b26-13-. The number of carbonyl (C=O) groups excluding carboxylic acids is 1. The number of hydrogen-bond acceptors (Lipinski definition) is 7. The van der Waals surface area contributed by atoms with Crippen LogP contribution >= 0.6 is 23.4 Å². The lowest BCUT2D eigenvalue weighted by Crippen LogP contribution is -2.19. The van der Waals surface area contributed by atoms with Gasteiger partial charge in [-0.25, -0.2) is 15.4 Å². The van der Waals surface area contributed by atoms with Crippen molar-refractivity contribution in [1.82, 2.24) is 15.4 Å². The third kappa shape index (κ3) is 8.07. The monoisotopic (exact) mass is 484 g/mol. The van der Waals surface area contributed by atoms with Crippen LogP contribution in [0.2, 0.25) is 5.02 Å². The van der Waals surface area contributed by atoms with Gasteiger partial charge in [-0.2, -0.15) is 5.10 Å². The molecule has 0 aliphatic rings. The quantitative estimate of drug-likeness (QED) is 0.189. The molecule has 1 amide bonds. The Morgan fingerprint density at radius 2 is 1.79 bits per heavy atom. The van der Waals surface area contributed by atoms with Crippen molar-refractivity contribution in [1.29, 1.82) is 0 Å². The molecule has 0 saturated heterocycles. The summed E-state index contributed by atoms with van der Waals surface area (Å²) < 4.78 is 11.6. The number of thioether (sulfide) groups is 1. The molecule has 172 valence electrons. The number of hydrogen-bond donors (Lipinski definition) is 1. The highest BCUT2D eigenvalue weighted by Gasteiger charge is 2.08. The van der Waals surface area contributed by atoms with Crippen LogP contribution in [0.1, 0.15) is 29.4 Å². The SMILES string of the molecule is CCOc1cc(/C=N\NC(=O)CSc2nc(C)cc(C)n2)ccc1OCc1ccc(Cl)cc1. The van der Waals surface area contributed by atoms with Crippen molar-refractivity contribution in [2.75, 3.05) is 12.4 Å². The summed E-state index contributed by atoms with van der Waals surface area (Å²) in [6, 6.07) is 14.8. The second-order valence-electron chi connectivity index (χ2n) is 7.07. The maximum atomic E-state index is 12.1. The van der Waals surface area contributed by atoms with E-state index in [1.807, 2.05) is 69.3 Å². The van der Waals surface area contributed by atoms with Crippen LogP contribution in [0.25, 0.3) is 0 Å². The van der Waals surface area contributed by atoms with E-state index in [1.165, 1.54) is 11.8 Å². The molecule has 2 aromatic carbocycles. The molecule has 0 fully saturated rings. The average Bonchev–Trinajstić information content (AvgIpc) is 2.78. The topological polar surface area (TPSA) is 85.7 Å². The lowest BCUT2D eigenvalue weighted by atomic mass is 10.2. The molecule has 9 heteroatoms. The zero-order valence-corrected chi connectivity index (χ0v) is 20.2. The van der Waals surface area contributed by atoms with Gasteiger partial charge in [-0.15, -0.1) is 0 Å². The summed E-state index contributed by atoms with van der Waals surface area (Å²) in [5.74, 6) is 1.15. The number of nitrogens with one attached hydrogen (secondary N) is 1.